The van der Waals surface area contributed by atoms with Gasteiger partial charge in [0.1, 0.15) is 5.75 Å². The summed E-state index contributed by atoms with van der Waals surface area (Å²) in [5.74, 6) is -0.0697. The molecule has 2 aromatic rings. The van der Waals surface area contributed by atoms with Crippen molar-refractivity contribution in [2.75, 3.05) is 19.8 Å². The van der Waals surface area contributed by atoms with E-state index >= 15 is 0 Å². The molecule has 0 amide bonds. The number of ether oxygens (including phenoxy) is 2. The first kappa shape index (κ1) is 18.5. The van der Waals surface area contributed by atoms with Crippen LogP contribution in [0.25, 0.3) is 0 Å². The minimum atomic E-state index is -0.390. The van der Waals surface area contributed by atoms with Crippen LogP contribution in [0.5, 0.6) is 5.75 Å². The van der Waals surface area contributed by atoms with E-state index in [2.05, 4.69) is 42.6 Å². The molecular formula is C23H29NO3. The summed E-state index contributed by atoms with van der Waals surface area (Å²) in [5, 5.41) is 13.8. The third-order valence-electron chi connectivity index (χ3n) is 6.08. The van der Waals surface area contributed by atoms with Crippen molar-refractivity contribution in [2.24, 2.45) is 0 Å². The Labute approximate surface area is 161 Å². The Morgan fingerprint density at radius 3 is 2.33 bits per heavy atom. The third kappa shape index (κ3) is 4.03. The van der Waals surface area contributed by atoms with E-state index in [1.165, 1.54) is 11.1 Å². The molecule has 0 atom stereocenters. The van der Waals surface area contributed by atoms with Gasteiger partial charge in [-0.2, -0.15) is 0 Å². The summed E-state index contributed by atoms with van der Waals surface area (Å²) >= 11 is 0. The van der Waals surface area contributed by atoms with Gasteiger partial charge in [-0.15, -0.1) is 0 Å². The fraction of sp³-hybridized carbons (Fsp3) is 0.478. The van der Waals surface area contributed by atoms with Crippen molar-refractivity contribution >= 4 is 0 Å². The Morgan fingerprint density at radius 1 is 0.963 bits per heavy atom. The second kappa shape index (κ2) is 7.63. The molecule has 1 aliphatic heterocycles. The van der Waals surface area contributed by atoms with E-state index in [1.807, 2.05) is 12.1 Å². The molecule has 4 rings (SSSR count). The lowest BCUT2D eigenvalue weighted by Gasteiger charge is -2.45. The number of hydrogen-bond donors (Lipinski definition) is 2. The maximum Gasteiger partial charge on any atom is 0.168 e. The van der Waals surface area contributed by atoms with E-state index in [0.29, 0.717) is 19.0 Å². The van der Waals surface area contributed by atoms with Crippen molar-refractivity contribution in [1.82, 2.24) is 5.32 Å². The van der Waals surface area contributed by atoms with E-state index in [4.69, 9.17) is 9.47 Å². The number of rotatable bonds is 5. The highest BCUT2D eigenvalue weighted by Crippen LogP contribution is 2.45. The highest BCUT2D eigenvalue weighted by molar-refractivity contribution is 5.33. The summed E-state index contributed by atoms with van der Waals surface area (Å²) in [6.45, 7) is 4.40. The lowest BCUT2D eigenvalue weighted by Crippen LogP contribution is -2.50. The molecule has 0 aromatic heterocycles. The van der Waals surface area contributed by atoms with Gasteiger partial charge in [-0.25, -0.2) is 0 Å². The van der Waals surface area contributed by atoms with Crippen LogP contribution in [0.1, 0.15) is 42.4 Å². The molecule has 1 saturated carbocycles. The summed E-state index contributed by atoms with van der Waals surface area (Å²) in [6.07, 6.45) is 4.61. The molecule has 4 heteroatoms. The van der Waals surface area contributed by atoms with E-state index in [-0.39, 0.29) is 11.3 Å². The number of aromatic hydroxyl groups is 1. The van der Waals surface area contributed by atoms with Crippen LogP contribution in [-0.2, 0) is 21.4 Å². The molecule has 144 valence electrons. The Morgan fingerprint density at radius 2 is 1.67 bits per heavy atom. The summed E-state index contributed by atoms with van der Waals surface area (Å²) in [4.78, 5) is 0. The molecule has 0 unspecified atom stereocenters. The van der Waals surface area contributed by atoms with Crippen molar-refractivity contribution in [3.8, 4) is 5.75 Å². The van der Waals surface area contributed by atoms with Gasteiger partial charge >= 0.3 is 0 Å². The predicted octanol–water partition coefficient (Wildman–Crippen LogP) is 4.05. The minimum Gasteiger partial charge on any atom is -0.508 e. The van der Waals surface area contributed by atoms with Gasteiger partial charge in [-0.05, 0) is 56.0 Å². The standard InChI is InChI=1S/C23H29NO3/c1-18-5-7-19(8-6-18)9-14-24-22(20-3-2-4-21(25)17-20)10-12-23(13-11-22)26-15-16-27-23/h2-8,17,24-25H,9-16H2,1H3. The van der Waals surface area contributed by atoms with Crippen LogP contribution in [0.4, 0.5) is 0 Å². The quantitative estimate of drug-likeness (QED) is 0.837. The predicted molar refractivity (Wildman–Crippen MR) is 106 cm³/mol. The van der Waals surface area contributed by atoms with Crippen LogP contribution >= 0.6 is 0 Å². The number of hydrogen-bond acceptors (Lipinski definition) is 4. The molecule has 2 N–H and O–H groups in total. The van der Waals surface area contributed by atoms with E-state index in [9.17, 15) is 5.11 Å². The van der Waals surface area contributed by atoms with Gasteiger partial charge in [0.15, 0.2) is 5.79 Å². The van der Waals surface area contributed by atoms with Gasteiger partial charge in [0.2, 0.25) is 0 Å². The van der Waals surface area contributed by atoms with Crippen LogP contribution in [-0.4, -0.2) is 30.7 Å². The molecule has 2 fully saturated rings. The third-order valence-corrected chi connectivity index (χ3v) is 6.08. The second-order valence-electron chi connectivity index (χ2n) is 7.90. The molecule has 0 bridgehead atoms. The van der Waals surface area contributed by atoms with Crippen LogP contribution in [0.15, 0.2) is 48.5 Å². The average molecular weight is 367 g/mol. The average Bonchev–Trinajstić information content (AvgIpc) is 3.14. The smallest absolute Gasteiger partial charge is 0.168 e. The van der Waals surface area contributed by atoms with Crippen LogP contribution in [0.2, 0.25) is 0 Å². The maximum atomic E-state index is 10.0. The first-order valence-electron chi connectivity index (χ1n) is 9.97. The van der Waals surface area contributed by atoms with Crippen molar-refractivity contribution in [3.05, 3.63) is 65.2 Å². The zero-order chi connectivity index (χ0) is 18.7. The summed E-state index contributed by atoms with van der Waals surface area (Å²) in [5.41, 5.74) is 3.63. The van der Waals surface area contributed by atoms with Crippen molar-refractivity contribution in [1.29, 1.82) is 0 Å². The van der Waals surface area contributed by atoms with Crippen molar-refractivity contribution < 1.29 is 14.6 Å². The zero-order valence-corrected chi connectivity index (χ0v) is 16.0. The lowest BCUT2D eigenvalue weighted by molar-refractivity contribution is -0.187. The summed E-state index contributed by atoms with van der Waals surface area (Å²) in [6, 6.07) is 16.4. The Hall–Kier alpha value is -1.88. The van der Waals surface area contributed by atoms with Gasteiger partial charge in [0, 0.05) is 18.4 Å². The molecule has 27 heavy (non-hydrogen) atoms. The molecule has 0 radical (unpaired) electrons. The maximum absolute atomic E-state index is 10.0. The lowest BCUT2D eigenvalue weighted by atomic mass is 9.74. The van der Waals surface area contributed by atoms with Crippen LogP contribution in [0, 0.1) is 6.92 Å². The van der Waals surface area contributed by atoms with Gasteiger partial charge in [-0.3, -0.25) is 0 Å². The molecule has 1 spiro atoms. The number of phenols is 1. The highest BCUT2D eigenvalue weighted by atomic mass is 16.7. The van der Waals surface area contributed by atoms with Gasteiger partial charge in [0.25, 0.3) is 0 Å². The Balaban J connectivity index is 1.49. The molecule has 1 saturated heterocycles. The van der Waals surface area contributed by atoms with Crippen molar-refractivity contribution in [2.45, 2.75) is 50.4 Å². The molecule has 1 aliphatic carbocycles. The van der Waals surface area contributed by atoms with Gasteiger partial charge in [0.05, 0.1) is 13.2 Å². The molecule has 2 aliphatic rings. The van der Waals surface area contributed by atoms with Gasteiger partial charge < -0.3 is 19.9 Å². The highest BCUT2D eigenvalue weighted by Gasteiger charge is 2.46. The first-order valence-corrected chi connectivity index (χ1v) is 9.97. The summed E-state index contributed by atoms with van der Waals surface area (Å²) < 4.78 is 11.8. The number of nitrogens with one attached hydrogen (secondary N) is 1. The molecule has 4 nitrogen and oxygen atoms in total. The molecular weight excluding hydrogens is 338 g/mol. The molecule has 2 aromatic carbocycles. The minimum absolute atomic E-state index is 0.149. The zero-order valence-electron chi connectivity index (χ0n) is 16.0. The van der Waals surface area contributed by atoms with Crippen LogP contribution in [0.3, 0.4) is 0 Å². The normalized spacial score (nSPS) is 20.8. The largest absolute Gasteiger partial charge is 0.508 e. The number of benzene rings is 2. The van der Waals surface area contributed by atoms with E-state index < -0.39 is 0 Å². The Bertz CT molecular complexity index is 755. The SMILES string of the molecule is Cc1ccc(CCNC2(c3cccc(O)c3)CCC3(CC2)OCCO3)cc1. The van der Waals surface area contributed by atoms with Gasteiger partial charge in [-0.1, -0.05) is 42.0 Å². The van der Waals surface area contributed by atoms with Crippen molar-refractivity contribution in [3.63, 3.8) is 0 Å². The van der Waals surface area contributed by atoms with Crippen LogP contribution < -0.4 is 5.32 Å². The number of phenolic OH excluding ortho intramolecular Hbond substituents is 1. The topological polar surface area (TPSA) is 50.7 Å². The summed E-state index contributed by atoms with van der Waals surface area (Å²) in [7, 11) is 0. The van der Waals surface area contributed by atoms with E-state index in [1.54, 1.807) is 6.07 Å². The molecule has 1 heterocycles. The first-order chi connectivity index (χ1) is 13.1. The monoisotopic (exact) mass is 367 g/mol. The fourth-order valence-corrected chi connectivity index (χ4v) is 4.42. The second-order valence-corrected chi connectivity index (χ2v) is 7.90. The fourth-order valence-electron chi connectivity index (χ4n) is 4.42. The Kier molecular flexibility index (Phi) is 5.22. The van der Waals surface area contributed by atoms with E-state index in [0.717, 1.165) is 44.2 Å². The number of aryl methyl sites for hydroxylation is 1.